The first-order chi connectivity index (χ1) is 15.2. The molecule has 1 atom stereocenters. The Balaban J connectivity index is 1.71. The van der Waals surface area contributed by atoms with Crippen molar-refractivity contribution in [3.8, 4) is 11.8 Å². The van der Waals surface area contributed by atoms with E-state index in [-0.39, 0.29) is 5.56 Å². The normalized spacial score (nSPS) is 17.5. The first-order valence-corrected chi connectivity index (χ1v) is 9.86. The highest BCUT2D eigenvalue weighted by molar-refractivity contribution is 6.00. The van der Waals surface area contributed by atoms with E-state index in [0.717, 1.165) is 21.8 Å². The molecule has 1 fully saturated rings. The molecule has 2 heterocycles. The van der Waals surface area contributed by atoms with Gasteiger partial charge in [-0.3, -0.25) is 14.6 Å². The lowest BCUT2D eigenvalue weighted by atomic mass is 10.0. The van der Waals surface area contributed by atoms with Crippen LogP contribution in [-0.2, 0) is 4.79 Å². The van der Waals surface area contributed by atoms with Crippen LogP contribution in [0.25, 0.3) is 11.6 Å². The molecular formula is C23H22F2N4O3. The summed E-state index contributed by atoms with van der Waals surface area (Å²) in [4.78, 5) is 29.9. The number of rotatable bonds is 6. The lowest BCUT2D eigenvalue weighted by molar-refractivity contribution is -0.131. The van der Waals surface area contributed by atoms with Gasteiger partial charge in [0.15, 0.2) is 0 Å². The van der Waals surface area contributed by atoms with Crippen molar-refractivity contribution in [2.75, 3.05) is 20.2 Å². The predicted molar refractivity (Wildman–Crippen MR) is 114 cm³/mol. The van der Waals surface area contributed by atoms with Crippen LogP contribution >= 0.6 is 0 Å². The van der Waals surface area contributed by atoms with Crippen LogP contribution in [-0.4, -0.2) is 53.9 Å². The minimum atomic E-state index is -3.11. The van der Waals surface area contributed by atoms with Crippen molar-refractivity contribution in [3.63, 3.8) is 0 Å². The number of pyridine rings is 1. The SMILES string of the molecule is COc1ccc(/C(C)=C/c2cnccc2C(=O)NCC(=O)N2CC(F)(F)CC2C#N)cc1. The maximum atomic E-state index is 13.6. The molecule has 1 aromatic heterocycles. The Morgan fingerprint density at radius 2 is 2.06 bits per heavy atom. The monoisotopic (exact) mass is 440 g/mol. The van der Waals surface area contributed by atoms with Gasteiger partial charge in [-0.15, -0.1) is 0 Å². The van der Waals surface area contributed by atoms with E-state index in [4.69, 9.17) is 10.00 Å². The molecule has 1 aliphatic rings. The average molecular weight is 440 g/mol. The number of hydrogen-bond donors (Lipinski definition) is 1. The molecule has 0 spiro atoms. The Bertz CT molecular complexity index is 1080. The number of nitriles is 1. The molecule has 1 saturated heterocycles. The standard InChI is InChI=1S/C23H22F2N4O3/c1-15(16-3-5-19(32-2)6-4-16)9-17-12-27-8-7-20(17)22(31)28-13-21(30)29-14-23(24,25)10-18(29)11-26/h3-9,12,18H,10,13-14H2,1-2H3,(H,28,31)/b15-9+. The van der Waals surface area contributed by atoms with Gasteiger partial charge >= 0.3 is 0 Å². The molecule has 1 N–H and O–H groups in total. The molecule has 9 heteroatoms. The van der Waals surface area contributed by atoms with Crippen molar-refractivity contribution < 1.29 is 23.1 Å². The van der Waals surface area contributed by atoms with E-state index in [0.29, 0.717) is 5.56 Å². The van der Waals surface area contributed by atoms with Crippen LogP contribution in [0.5, 0.6) is 5.75 Å². The van der Waals surface area contributed by atoms with E-state index < -0.39 is 43.3 Å². The molecule has 1 aliphatic heterocycles. The van der Waals surface area contributed by atoms with Crippen molar-refractivity contribution in [3.05, 3.63) is 59.4 Å². The highest BCUT2D eigenvalue weighted by Gasteiger charge is 2.47. The third-order valence-corrected chi connectivity index (χ3v) is 5.15. The number of carbonyl (C=O) groups excluding carboxylic acids is 2. The van der Waals surface area contributed by atoms with Gasteiger partial charge in [0, 0.05) is 29.9 Å². The van der Waals surface area contributed by atoms with Gasteiger partial charge in [0.25, 0.3) is 11.8 Å². The molecule has 0 saturated carbocycles. The van der Waals surface area contributed by atoms with Gasteiger partial charge in [-0.05, 0) is 42.3 Å². The largest absolute Gasteiger partial charge is 0.497 e. The highest BCUT2D eigenvalue weighted by Crippen LogP contribution is 2.31. The molecular weight excluding hydrogens is 418 g/mol. The third-order valence-electron chi connectivity index (χ3n) is 5.15. The Kier molecular flexibility index (Phi) is 6.83. The van der Waals surface area contributed by atoms with Crippen LogP contribution in [0.1, 0.15) is 34.8 Å². The van der Waals surface area contributed by atoms with Crippen molar-refractivity contribution in [2.24, 2.45) is 0 Å². The molecule has 7 nitrogen and oxygen atoms in total. The second-order valence-electron chi connectivity index (χ2n) is 7.43. The van der Waals surface area contributed by atoms with E-state index in [2.05, 4.69) is 10.3 Å². The molecule has 3 rings (SSSR count). The Labute approximate surface area is 184 Å². The van der Waals surface area contributed by atoms with E-state index >= 15 is 0 Å². The summed E-state index contributed by atoms with van der Waals surface area (Å²) in [6.07, 6.45) is 4.06. The molecule has 1 unspecified atom stereocenters. The Morgan fingerprint density at radius 1 is 1.34 bits per heavy atom. The van der Waals surface area contributed by atoms with Crippen LogP contribution in [0, 0.1) is 11.3 Å². The molecule has 166 valence electrons. The predicted octanol–water partition coefficient (Wildman–Crippen LogP) is 3.14. The maximum Gasteiger partial charge on any atom is 0.268 e. The highest BCUT2D eigenvalue weighted by atomic mass is 19.3. The van der Waals surface area contributed by atoms with E-state index in [1.807, 2.05) is 31.2 Å². The summed E-state index contributed by atoms with van der Waals surface area (Å²) in [6.45, 7) is 0.565. The van der Waals surface area contributed by atoms with E-state index in [1.54, 1.807) is 19.3 Å². The zero-order valence-electron chi connectivity index (χ0n) is 17.6. The Morgan fingerprint density at radius 3 is 2.72 bits per heavy atom. The van der Waals surface area contributed by atoms with Crippen LogP contribution in [0.4, 0.5) is 8.78 Å². The molecule has 0 aliphatic carbocycles. The summed E-state index contributed by atoms with van der Waals surface area (Å²) in [5.74, 6) is -3.67. The number of amides is 2. The number of halogens is 2. The number of hydrogen-bond acceptors (Lipinski definition) is 5. The average Bonchev–Trinajstić information content (AvgIpc) is 3.12. The zero-order chi connectivity index (χ0) is 23.3. The zero-order valence-corrected chi connectivity index (χ0v) is 17.6. The number of nitrogens with one attached hydrogen (secondary N) is 1. The number of likely N-dealkylation sites (tertiary alicyclic amines) is 1. The number of methoxy groups -OCH3 is 1. The summed E-state index contributed by atoms with van der Waals surface area (Å²) in [7, 11) is 1.58. The van der Waals surface area contributed by atoms with Gasteiger partial charge in [-0.1, -0.05) is 12.1 Å². The first kappa shape index (κ1) is 22.9. The van der Waals surface area contributed by atoms with Crippen molar-refractivity contribution >= 4 is 23.5 Å². The van der Waals surface area contributed by atoms with E-state index in [1.165, 1.54) is 18.5 Å². The third kappa shape index (κ3) is 5.27. The number of aromatic nitrogens is 1. The lowest BCUT2D eigenvalue weighted by Gasteiger charge is -2.19. The molecule has 2 amide bonds. The minimum absolute atomic E-state index is 0.282. The lowest BCUT2D eigenvalue weighted by Crippen LogP contribution is -2.43. The quantitative estimate of drug-likeness (QED) is 0.745. The molecule has 32 heavy (non-hydrogen) atoms. The fourth-order valence-corrected chi connectivity index (χ4v) is 3.45. The van der Waals surface area contributed by atoms with Crippen molar-refractivity contribution in [2.45, 2.75) is 25.3 Å². The van der Waals surface area contributed by atoms with Gasteiger partial charge in [-0.2, -0.15) is 5.26 Å². The minimum Gasteiger partial charge on any atom is -0.497 e. The molecule has 2 aromatic rings. The van der Waals surface area contributed by atoms with E-state index in [9.17, 15) is 18.4 Å². The second-order valence-corrected chi connectivity index (χ2v) is 7.43. The van der Waals surface area contributed by atoms with Gasteiger partial charge in [0.05, 0.1) is 26.3 Å². The molecule has 0 bridgehead atoms. The summed E-state index contributed by atoms with van der Waals surface area (Å²) < 4.78 is 32.3. The number of alkyl halides is 2. The molecule has 1 aromatic carbocycles. The van der Waals surface area contributed by atoms with Crippen LogP contribution in [0.3, 0.4) is 0 Å². The summed E-state index contributed by atoms with van der Waals surface area (Å²) in [5, 5.41) is 11.5. The van der Waals surface area contributed by atoms with Crippen LogP contribution < -0.4 is 10.1 Å². The summed E-state index contributed by atoms with van der Waals surface area (Å²) >= 11 is 0. The topological polar surface area (TPSA) is 95.3 Å². The number of benzene rings is 1. The maximum absolute atomic E-state index is 13.6. The molecule has 0 radical (unpaired) electrons. The van der Waals surface area contributed by atoms with Gasteiger partial charge in [0.2, 0.25) is 5.91 Å². The smallest absolute Gasteiger partial charge is 0.268 e. The summed E-state index contributed by atoms with van der Waals surface area (Å²) in [6, 6.07) is 9.43. The number of carbonyl (C=O) groups is 2. The van der Waals surface area contributed by atoms with Crippen LogP contribution in [0.15, 0.2) is 42.7 Å². The summed E-state index contributed by atoms with van der Waals surface area (Å²) in [5.41, 5.74) is 2.62. The number of ether oxygens (including phenoxy) is 1. The van der Waals surface area contributed by atoms with Gasteiger partial charge < -0.3 is 15.0 Å². The number of allylic oxidation sites excluding steroid dienone is 1. The van der Waals surface area contributed by atoms with Gasteiger partial charge in [-0.25, -0.2) is 8.78 Å². The fourth-order valence-electron chi connectivity index (χ4n) is 3.45. The fraction of sp³-hybridized carbons (Fsp3) is 0.304. The van der Waals surface area contributed by atoms with Gasteiger partial charge in [0.1, 0.15) is 11.8 Å². The number of nitrogens with zero attached hydrogens (tertiary/aromatic N) is 3. The second kappa shape index (κ2) is 9.56. The van der Waals surface area contributed by atoms with Crippen LogP contribution in [0.2, 0.25) is 0 Å². The Hall–Kier alpha value is -3.80. The van der Waals surface area contributed by atoms with Crippen molar-refractivity contribution in [1.82, 2.24) is 15.2 Å². The first-order valence-electron chi connectivity index (χ1n) is 9.86. The van der Waals surface area contributed by atoms with Crippen molar-refractivity contribution in [1.29, 1.82) is 5.26 Å².